The minimum absolute atomic E-state index is 0.519. The molecule has 1 aromatic carbocycles. The van der Waals surface area contributed by atoms with Crippen molar-refractivity contribution in [2.24, 2.45) is 8.73 Å². The quantitative estimate of drug-likeness (QED) is 0.440. The van der Waals surface area contributed by atoms with Gasteiger partial charge in [-0.2, -0.15) is 8.73 Å². The first-order valence-electron chi connectivity index (χ1n) is 5.34. The average Bonchev–Trinajstić information content (AvgIpc) is 2.97. The van der Waals surface area contributed by atoms with Gasteiger partial charge in [-0.15, -0.1) is 11.3 Å². The first kappa shape index (κ1) is 15.0. The Kier molecular flexibility index (Phi) is 4.54. The smallest absolute Gasteiger partial charge is 0.130 e. The molecule has 0 atom stereocenters. The van der Waals surface area contributed by atoms with Gasteiger partial charge in [0.25, 0.3) is 0 Å². The van der Waals surface area contributed by atoms with Crippen molar-refractivity contribution in [3.05, 3.63) is 35.3 Å². The van der Waals surface area contributed by atoms with Gasteiger partial charge >= 0.3 is 0 Å². The van der Waals surface area contributed by atoms with Gasteiger partial charge in [-0.05, 0) is 44.0 Å². The second-order valence-corrected chi connectivity index (χ2v) is 8.52. The highest BCUT2D eigenvalue weighted by Gasteiger charge is 2.18. The summed E-state index contributed by atoms with van der Waals surface area (Å²) < 4.78 is 10.6. The van der Waals surface area contributed by atoms with Crippen LogP contribution in [0.2, 0.25) is 10.0 Å². The van der Waals surface area contributed by atoms with Crippen LogP contribution in [0, 0.1) is 0 Å². The zero-order valence-corrected chi connectivity index (χ0v) is 15.9. The number of thiophene rings is 1. The van der Waals surface area contributed by atoms with Crippen LogP contribution in [-0.4, -0.2) is 0 Å². The molecule has 0 aliphatic carbocycles. The maximum absolute atomic E-state index is 6.24. The Labute approximate surface area is 149 Å². The van der Waals surface area contributed by atoms with Crippen molar-refractivity contribution >= 4 is 94.8 Å². The monoisotopic (exact) mass is 471 g/mol. The largest absolute Gasteiger partial charge is 0.377 e. The molecule has 0 fully saturated rings. The zero-order valence-electron chi connectivity index (χ0n) is 9.58. The predicted octanol–water partition coefficient (Wildman–Crippen LogP) is 6.92. The fourth-order valence-corrected chi connectivity index (χ4v) is 4.99. The summed E-state index contributed by atoms with van der Waals surface area (Å²) >= 11 is 22.1. The maximum atomic E-state index is 6.24. The lowest BCUT2D eigenvalue weighted by Crippen LogP contribution is -1.98. The van der Waals surface area contributed by atoms with Gasteiger partial charge in [0.2, 0.25) is 0 Å². The third-order valence-electron chi connectivity index (χ3n) is 2.58. The lowest BCUT2D eigenvalue weighted by atomic mass is 10.2. The number of nitrogens with zero attached hydrogens (tertiary/aromatic N) is 2. The first-order chi connectivity index (χ1) is 9.56. The summed E-state index contributed by atoms with van der Waals surface area (Å²) in [5, 5.41) is 4.37. The van der Waals surface area contributed by atoms with E-state index < -0.39 is 0 Å². The molecular formula is C11H5Br2Cl2N3S2. The van der Waals surface area contributed by atoms with Gasteiger partial charge < -0.3 is 5.32 Å². The average molecular weight is 474 g/mol. The Hall–Kier alpha value is 0.0800. The lowest BCUT2D eigenvalue weighted by molar-refractivity contribution is 1.19. The van der Waals surface area contributed by atoms with E-state index in [0.29, 0.717) is 28.0 Å². The molecule has 1 aromatic heterocycles. The van der Waals surface area contributed by atoms with E-state index in [1.54, 1.807) is 17.4 Å². The van der Waals surface area contributed by atoms with Crippen LogP contribution in [0.15, 0.2) is 29.1 Å². The van der Waals surface area contributed by atoms with Crippen LogP contribution in [-0.2, 0) is 17.9 Å². The summed E-state index contributed by atoms with van der Waals surface area (Å²) in [6.07, 6.45) is 0. The van der Waals surface area contributed by atoms with Crippen molar-refractivity contribution in [1.29, 1.82) is 0 Å². The molecule has 0 saturated carbocycles. The van der Waals surface area contributed by atoms with Crippen LogP contribution in [0.4, 0.5) is 17.1 Å². The summed E-state index contributed by atoms with van der Waals surface area (Å²) in [5.41, 5.74) is 2.15. The van der Waals surface area contributed by atoms with Crippen molar-refractivity contribution in [3.8, 4) is 0 Å². The predicted molar refractivity (Wildman–Crippen MR) is 95.0 cm³/mol. The molecule has 0 unspecified atom stereocenters. The second-order valence-electron chi connectivity index (χ2n) is 3.86. The van der Waals surface area contributed by atoms with Crippen molar-refractivity contribution in [2.45, 2.75) is 6.54 Å². The third kappa shape index (κ3) is 2.84. The van der Waals surface area contributed by atoms with Gasteiger partial charge in [0.1, 0.15) is 11.4 Å². The van der Waals surface area contributed by atoms with E-state index in [-0.39, 0.29) is 0 Å². The van der Waals surface area contributed by atoms with Gasteiger partial charge in [-0.25, -0.2) is 0 Å². The van der Waals surface area contributed by atoms with Gasteiger partial charge in [-0.1, -0.05) is 23.2 Å². The molecule has 0 spiro atoms. The molecule has 20 heavy (non-hydrogen) atoms. The van der Waals surface area contributed by atoms with Crippen molar-refractivity contribution in [2.75, 3.05) is 5.32 Å². The van der Waals surface area contributed by atoms with E-state index in [9.17, 15) is 0 Å². The van der Waals surface area contributed by atoms with Crippen LogP contribution >= 0.6 is 66.4 Å². The minimum Gasteiger partial charge on any atom is -0.377 e. The lowest BCUT2D eigenvalue weighted by Gasteiger charge is -2.11. The molecular weight excluding hydrogens is 469 g/mol. The highest BCUT2D eigenvalue weighted by molar-refractivity contribution is 9.13. The molecule has 3 nitrogen and oxygen atoms in total. The topological polar surface area (TPSA) is 36.8 Å². The number of hydrogen-bond donors (Lipinski definition) is 1. The molecule has 0 bridgehead atoms. The Morgan fingerprint density at radius 2 is 1.85 bits per heavy atom. The molecule has 0 radical (unpaired) electrons. The third-order valence-corrected chi connectivity index (χ3v) is 6.95. The van der Waals surface area contributed by atoms with Crippen LogP contribution < -0.4 is 5.32 Å². The zero-order chi connectivity index (χ0) is 14.3. The van der Waals surface area contributed by atoms with E-state index in [0.717, 1.165) is 25.3 Å². The van der Waals surface area contributed by atoms with E-state index >= 15 is 0 Å². The summed E-state index contributed by atoms with van der Waals surface area (Å²) in [6, 6.07) is 3.75. The number of rotatable bonds is 3. The molecule has 1 aliphatic heterocycles. The van der Waals surface area contributed by atoms with Crippen LogP contribution in [0.3, 0.4) is 0 Å². The Morgan fingerprint density at radius 1 is 1.10 bits per heavy atom. The molecule has 104 valence electrons. The van der Waals surface area contributed by atoms with Gasteiger partial charge in [0.15, 0.2) is 0 Å². The van der Waals surface area contributed by atoms with E-state index in [2.05, 4.69) is 52.0 Å². The summed E-state index contributed by atoms with van der Waals surface area (Å²) in [5.74, 6) is 0. The van der Waals surface area contributed by atoms with Crippen LogP contribution in [0.5, 0.6) is 0 Å². The standard InChI is InChI=1S/C11H5Br2Cl2N3S2/c12-5-1-4(19-11(5)13)3-16-8-6(14)2-7(15)9-10(8)18-20-17-9/h1-2,16H,3H2. The molecule has 1 aliphatic rings. The maximum Gasteiger partial charge on any atom is 0.130 e. The normalized spacial score (nSPS) is 12.4. The highest BCUT2D eigenvalue weighted by Crippen LogP contribution is 2.47. The van der Waals surface area contributed by atoms with Crippen molar-refractivity contribution in [1.82, 2.24) is 0 Å². The van der Waals surface area contributed by atoms with Crippen molar-refractivity contribution in [3.63, 3.8) is 0 Å². The van der Waals surface area contributed by atoms with E-state index in [1.807, 2.05) is 0 Å². The highest BCUT2D eigenvalue weighted by atomic mass is 79.9. The molecule has 2 aromatic rings. The molecule has 0 saturated heterocycles. The molecule has 2 heterocycles. The number of benzene rings is 1. The Morgan fingerprint density at radius 3 is 2.55 bits per heavy atom. The first-order valence-corrected chi connectivity index (χ1v) is 9.23. The fraction of sp³-hybridized carbons (Fsp3) is 0.0909. The van der Waals surface area contributed by atoms with Gasteiger partial charge in [0.05, 0.1) is 30.9 Å². The minimum atomic E-state index is 0.519. The van der Waals surface area contributed by atoms with E-state index in [4.69, 9.17) is 23.2 Å². The summed E-state index contributed by atoms with van der Waals surface area (Å²) in [6.45, 7) is 0.656. The SMILES string of the molecule is Clc1cc(Cl)c(NCc2cc(Br)c(Br)s2)c2c1N=S=N2. The summed E-state index contributed by atoms with van der Waals surface area (Å²) in [4.78, 5) is 1.17. The van der Waals surface area contributed by atoms with Gasteiger partial charge in [-0.3, -0.25) is 0 Å². The Bertz CT molecular complexity index is 750. The molecule has 9 heteroatoms. The number of anilines is 1. The molecule has 3 rings (SSSR count). The Balaban J connectivity index is 1.89. The number of halogens is 4. The number of nitrogens with one attached hydrogen (secondary N) is 1. The second kappa shape index (κ2) is 6.06. The van der Waals surface area contributed by atoms with Gasteiger partial charge in [0, 0.05) is 15.9 Å². The van der Waals surface area contributed by atoms with Crippen LogP contribution in [0.1, 0.15) is 4.88 Å². The fourth-order valence-electron chi connectivity index (χ4n) is 1.70. The van der Waals surface area contributed by atoms with Crippen molar-refractivity contribution < 1.29 is 0 Å². The van der Waals surface area contributed by atoms with Crippen LogP contribution in [0.25, 0.3) is 0 Å². The number of fused-ring (bicyclic) bond motifs is 1. The van der Waals surface area contributed by atoms with E-state index in [1.165, 1.54) is 4.88 Å². The summed E-state index contributed by atoms with van der Waals surface area (Å²) in [7, 11) is 0. The molecule has 1 N–H and O–H groups in total. The molecule has 0 amide bonds. The number of hydrogen-bond acceptors (Lipinski definition) is 4.